The molecule has 4 rings (SSSR count). The van der Waals surface area contributed by atoms with E-state index in [1.807, 2.05) is 41.8 Å². The third kappa shape index (κ3) is 11.9. The predicted molar refractivity (Wildman–Crippen MR) is 225 cm³/mol. The minimum absolute atomic E-state index is 0.0786. The van der Waals surface area contributed by atoms with Gasteiger partial charge in [0.15, 0.2) is 18.7 Å². The molecule has 61 heavy (non-hydrogen) atoms. The molecule has 0 radical (unpaired) electrons. The lowest BCUT2D eigenvalue weighted by Crippen LogP contribution is -2.62. The van der Waals surface area contributed by atoms with Gasteiger partial charge in [-0.05, 0) is 94.4 Å². The topological polar surface area (TPSA) is 190 Å². The van der Waals surface area contributed by atoms with Gasteiger partial charge in [-0.1, -0.05) is 27.7 Å². The highest BCUT2D eigenvalue weighted by Crippen LogP contribution is 2.42. The second kappa shape index (κ2) is 21.4. The van der Waals surface area contributed by atoms with Crippen molar-refractivity contribution in [1.82, 2.24) is 10.2 Å². The molecule has 0 amide bonds. The third-order valence-corrected chi connectivity index (χ3v) is 14.1. The Morgan fingerprint density at radius 2 is 1.49 bits per heavy atom. The van der Waals surface area contributed by atoms with E-state index in [9.17, 15) is 24.6 Å². The Labute approximate surface area is 364 Å². The number of hydrogen-bond acceptors (Lipinski definition) is 16. The van der Waals surface area contributed by atoms with Crippen LogP contribution in [0.25, 0.3) is 0 Å². The van der Waals surface area contributed by atoms with E-state index in [-0.39, 0.29) is 49.4 Å². The highest BCUT2D eigenvalue weighted by Gasteiger charge is 2.55. The van der Waals surface area contributed by atoms with Crippen molar-refractivity contribution in [2.45, 2.75) is 205 Å². The number of likely N-dealkylation sites (N-methyl/N-ethyl adjacent to an activating group) is 1. The quantitative estimate of drug-likeness (QED) is 0.254. The molecule has 0 unspecified atom stereocenters. The molecule has 4 aliphatic heterocycles. The third-order valence-electron chi connectivity index (χ3n) is 14.1. The lowest BCUT2D eigenvalue weighted by molar-refractivity contribution is -0.319. The number of cyclic esters (lactones) is 1. The Bertz CT molecular complexity index is 1450. The summed E-state index contributed by atoms with van der Waals surface area (Å²) in [5.41, 5.74) is -4.22. The minimum atomic E-state index is -1.97. The summed E-state index contributed by atoms with van der Waals surface area (Å²) in [5, 5.41) is 26.8. The zero-order chi connectivity index (χ0) is 45.8. The number of aliphatic hydroxyl groups is 2. The van der Waals surface area contributed by atoms with E-state index in [4.69, 9.17) is 42.6 Å². The van der Waals surface area contributed by atoms with Crippen LogP contribution in [0.3, 0.4) is 0 Å². The molecule has 0 aromatic rings. The summed E-state index contributed by atoms with van der Waals surface area (Å²) in [4.78, 5) is 43.0. The van der Waals surface area contributed by atoms with Crippen LogP contribution in [0.1, 0.15) is 115 Å². The van der Waals surface area contributed by atoms with Gasteiger partial charge in [0.25, 0.3) is 0 Å². The fourth-order valence-electron chi connectivity index (χ4n) is 10.3. The zero-order valence-electron chi connectivity index (χ0n) is 39.6. The Morgan fingerprint density at radius 1 is 0.885 bits per heavy atom. The van der Waals surface area contributed by atoms with Crippen LogP contribution in [0.5, 0.6) is 0 Å². The van der Waals surface area contributed by atoms with Crippen LogP contribution >= 0.6 is 0 Å². The molecule has 0 bridgehead atoms. The zero-order valence-corrected chi connectivity index (χ0v) is 39.6. The van der Waals surface area contributed by atoms with E-state index >= 15 is 0 Å². The van der Waals surface area contributed by atoms with Crippen molar-refractivity contribution in [3.05, 3.63) is 0 Å². The molecule has 16 nitrogen and oxygen atoms in total. The number of Topliss-reactive ketones (excluding diaryl/α,β-unsaturated/α-hetero) is 1. The number of piperidine rings is 1. The Hall–Kier alpha value is -1.83. The number of carbonyl (C=O) groups is 3. The first-order valence-electron chi connectivity index (χ1n) is 22.5. The number of aliphatic hydroxyl groups excluding tert-OH is 1. The van der Waals surface area contributed by atoms with Crippen LogP contribution < -0.4 is 5.32 Å². The molecule has 0 saturated carbocycles. The molecule has 4 fully saturated rings. The maximum absolute atomic E-state index is 14.5. The van der Waals surface area contributed by atoms with Crippen LogP contribution in [-0.2, 0) is 57.0 Å². The van der Waals surface area contributed by atoms with Gasteiger partial charge in [0.05, 0.1) is 60.3 Å². The lowest BCUT2D eigenvalue weighted by atomic mass is 9.74. The number of methoxy groups -OCH3 is 2. The average molecular weight is 873 g/mol. The molecule has 16 heteroatoms. The second-order valence-electron chi connectivity index (χ2n) is 19.3. The SMILES string of the molecule is CC[C@H]1OC(=O)[C@H](C)[C@@H](O[C@@H]2C[C@@](C)(OC)[C@@H](OC(C)=O)[C@H](C)O2)[C@H](C)[C@@H](O[C@@H]2O[C@H](C)C[C@@H](OC3CCNCC3)[C@@H]2N(C)C)[C@@](C)(OC)C[C@@H](C)C(=O)[C@H](C)[C@@H](O)[C@]1(C)O. The lowest BCUT2D eigenvalue weighted by Gasteiger charge is -2.51. The second-order valence-corrected chi connectivity index (χ2v) is 19.3. The van der Waals surface area contributed by atoms with E-state index < -0.39 is 102 Å². The van der Waals surface area contributed by atoms with Gasteiger partial charge in [-0.15, -0.1) is 0 Å². The standard InChI is InChI=1S/C45H80N2O14/c1-16-33-45(11,52)38(50)26(4)36(49)24(2)22-43(9,53-14)39(61-42-35(47(12)13)32(21-25(3)55-42)58-31-17-19-46-20-18-31)27(5)37(28(6)41(51)59-33)60-34-23-44(10,54-15)40(29(7)56-34)57-30(8)48/h24-29,31-35,37-40,42,46,50,52H,16-23H2,1-15H3/t24-,25-,26+,27+,28-,29+,32-,33-,34-,35+,37+,38-,39-,40+,42+,43+,44-,45-/m1/s1. The smallest absolute Gasteiger partial charge is 0.311 e. The molecular weight excluding hydrogens is 792 g/mol. The summed E-state index contributed by atoms with van der Waals surface area (Å²) in [5.74, 6) is -4.86. The van der Waals surface area contributed by atoms with Crippen molar-refractivity contribution in [2.75, 3.05) is 41.4 Å². The summed E-state index contributed by atoms with van der Waals surface area (Å²) in [7, 11) is 7.04. The first kappa shape index (κ1) is 51.8. The molecule has 18 atom stereocenters. The maximum Gasteiger partial charge on any atom is 0.311 e. The normalized spacial score (nSPS) is 45.2. The van der Waals surface area contributed by atoms with Crippen molar-refractivity contribution in [3.63, 3.8) is 0 Å². The van der Waals surface area contributed by atoms with Crippen molar-refractivity contribution in [1.29, 1.82) is 0 Å². The molecule has 0 spiro atoms. The highest BCUT2D eigenvalue weighted by atomic mass is 16.7. The minimum Gasteiger partial charge on any atom is -0.459 e. The molecule has 3 N–H and O–H groups in total. The van der Waals surface area contributed by atoms with Gasteiger partial charge < -0.3 is 58.2 Å². The van der Waals surface area contributed by atoms with Gasteiger partial charge >= 0.3 is 11.9 Å². The van der Waals surface area contributed by atoms with Gasteiger partial charge in [0.1, 0.15) is 23.1 Å². The van der Waals surface area contributed by atoms with E-state index in [2.05, 4.69) is 10.2 Å². The largest absolute Gasteiger partial charge is 0.459 e. The number of nitrogens with zero attached hydrogens (tertiary/aromatic N) is 1. The van der Waals surface area contributed by atoms with Gasteiger partial charge in [0, 0.05) is 51.7 Å². The molecule has 4 heterocycles. The monoisotopic (exact) mass is 873 g/mol. The first-order chi connectivity index (χ1) is 28.4. The summed E-state index contributed by atoms with van der Waals surface area (Å²) in [6.07, 6.45) is -5.35. The fraction of sp³-hybridized carbons (Fsp3) is 0.933. The van der Waals surface area contributed by atoms with E-state index in [0.29, 0.717) is 6.42 Å². The molecule has 4 saturated heterocycles. The van der Waals surface area contributed by atoms with Crippen molar-refractivity contribution in [3.8, 4) is 0 Å². The Morgan fingerprint density at radius 3 is 2.05 bits per heavy atom. The van der Waals surface area contributed by atoms with Gasteiger partial charge in [-0.25, -0.2) is 0 Å². The summed E-state index contributed by atoms with van der Waals surface area (Å²) < 4.78 is 58.4. The van der Waals surface area contributed by atoms with Crippen LogP contribution in [-0.4, -0.2) is 165 Å². The highest BCUT2D eigenvalue weighted by molar-refractivity contribution is 5.83. The molecule has 0 aliphatic carbocycles. The predicted octanol–water partition coefficient (Wildman–Crippen LogP) is 3.79. The van der Waals surface area contributed by atoms with E-state index in [1.165, 1.54) is 21.0 Å². The molecule has 4 aliphatic rings. The summed E-state index contributed by atoms with van der Waals surface area (Å²) in [6, 6.07) is -0.348. The number of rotatable bonds is 11. The van der Waals surface area contributed by atoms with E-state index in [1.54, 1.807) is 41.7 Å². The number of esters is 2. The molecule has 354 valence electrons. The van der Waals surface area contributed by atoms with Gasteiger partial charge in [-0.3, -0.25) is 19.3 Å². The molecular formula is C45H80N2O14. The van der Waals surface area contributed by atoms with Gasteiger partial charge in [0.2, 0.25) is 0 Å². The number of hydrogen-bond donors (Lipinski definition) is 3. The number of carbonyl (C=O) groups excluding carboxylic acids is 3. The van der Waals surface area contributed by atoms with Crippen LogP contribution in [0.2, 0.25) is 0 Å². The fourth-order valence-corrected chi connectivity index (χ4v) is 10.3. The number of ether oxygens (including phenoxy) is 9. The van der Waals surface area contributed by atoms with Gasteiger partial charge in [-0.2, -0.15) is 0 Å². The number of nitrogens with one attached hydrogen (secondary N) is 1. The maximum atomic E-state index is 14.5. The molecule has 0 aromatic carbocycles. The summed E-state index contributed by atoms with van der Waals surface area (Å²) >= 11 is 0. The van der Waals surface area contributed by atoms with Crippen molar-refractivity contribution >= 4 is 17.7 Å². The van der Waals surface area contributed by atoms with Crippen molar-refractivity contribution in [2.24, 2.45) is 23.7 Å². The van der Waals surface area contributed by atoms with Crippen LogP contribution in [0.4, 0.5) is 0 Å². The molecule has 0 aromatic heterocycles. The van der Waals surface area contributed by atoms with E-state index in [0.717, 1.165) is 25.9 Å². The average Bonchev–Trinajstić information content (AvgIpc) is 3.20. The Kier molecular flexibility index (Phi) is 18.2. The number of ketones is 1. The van der Waals surface area contributed by atoms with Crippen molar-refractivity contribution < 1.29 is 67.2 Å². The Balaban J connectivity index is 1.87. The van der Waals surface area contributed by atoms with Crippen LogP contribution in [0, 0.1) is 23.7 Å². The summed E-state index contributed by atoms with van der Waals surface area (Å²) in [6.45, 7) is 20.7. The van der Waals surface area contributed by atoms with Crippen LogP contribution in [0.15, 0.2) is 0 Å². The first-order valence-corrected chi connectivity index (χ1v) is 22.5.